The number of benzene rings is 2. The van der Waals surface area contributed by atoms with Crippen LogP contribution in [0.2, 0.25) is 0 Å². The van der Waals surface area contributed by atoms with Gasteiger partial charge in [0.1, 0.15) is 5.75 Å². The Bertz CT molecular complexity index is 1140. The maximum atomic E-state index is 12.7. The number of sulfone groups is 1. The Morgan fingerprint density at radius 1 is 1.17 bits per heavy atom. The Morgan fingerprint density at radius 3 is 2.53 bits per heavy atom. The fourth-order valence-electron chi connectivity index (χ4n) is 3.60. The molecule has 1 saturated heterocycles. The summed E-state index contributed by atoms with van der Waals surface area (Å²) in [5.41, 5.74) is 2.81. The van der Waals surface area contributed by atoms with E-state index in [0.29, 0.717) is 24.4 Å². The van der Waals surface area contributed by atoms with Gasteiger partial charge in [0, 0.05) is 12.1 Å². The molecule has 1 atom stereocenters. The van der Waals surface area contributed by atoms with Crippen LogP contribution in [0.1, 0.15) is 28.5 Å². The number of nitrogens with one attached hydrogen (secondary N) is 1. The zero-order valence-electron chi connectivity index (χ0n) is 16.6. The fraction of sp³-hybridized carbons (Fsp3) is 0.273. The SMILES string of the molecule is COc1ccc(-c2cc(C(=O)NCc3ccccc3)nn2C2CCS(=O)(=O)C2)cc1. The first-order valence-electron chi connectivity index (χ1n) is 9.72. The van der Waals surface area contributed by atoms with Gasteiger partial charge >= 0.3 is 0 Å². The Morgan fingerprint density at radius 2 is 1.90 bits per heavy atom. The van der Waals surface area contributed by atoms with E-state index in [0.717, 1.165) is 11.1 Å². The lowest BCUT2D eigenvalue weighted by atomic mass is 10.1. The van der Waals surface area contributed by atoms with E-state index >= 15 is 0 Å². The minimum Gasteiger partial charge on any atom is -0.497 e. The summed E-state index contributed by atoms with van der Waals surface area (Å²) in [6, 6.07) is 18.5. The summed E-state index contributed by atoms with van der Waals surface area (Å²) < 4.78 is 30.9. The molecule has 0 saturated carbocycles. The van der Waals surface area contributed by atoms with Gasteiger partial charge in [0.05, 0.1) is 30.4 Å². The van der Waals surface area contributed by atoms with Gasteiger partial charge in [-0.2, -0.15) is 5.10 Å². The number of amides is 1. The third kappa shape index (κ3) is 4.38. The van der Waals surface area contributed by atoms with Crippen LogP contribution in [-0.4, -0.2) is 42.7 Å². The fourth-order valence-corrected chi connectivity index (χ4v) is 5.29. The average Bonchev–Trinajstić information content (AvgIpc) is 3.36. The normalized spacial score (nSPS) is 17.6. The van der Waals surface area contributed by atoms with E-state index in [-0.39, 0.29) is 29.1 Å². The quantitative estimate of drug-likeness (QED) is 0.656. The van der Waals surface area contributed by atoms with Crippen molar-refractivity contribution in [2.75, 3.05) is 18.6 Å². The number of aromatic nitrogens is 2. The minimum absolute atomic E-state index is 0.0307. The Kier molecular flexibility index (Phi) is 5.59. The summed E-state index contributed by atoms with van der Waals surface area (Å²) >= 11 is 0. The molecule has 7 nitrogen and oxygen atoms in total. The first-order chi connectivity index (χ1) is 14.4. The van der Waals surface area contributed by atoms with Gasteiger partial charge in [-0.3, -0.25) is 9.48 Å². The Hall–Kier alpha value is -3.13. The molecule has 0 radical (unpaired) electrons. The van der Waals surface area contributed by atoms with Crippen LogP contribution >= 0.6 is 0 Å². The van der Waals surface area contributed by atoms with Crippen molar-refractivity contribution in [2.45, 2.75) is 19.0 Å². The first-order valence-corrected chi connectivity index (χ1v) is 11.5. The van der Waals surface area contributed by atoms with E-state index < -0.39 is 9.84 Å². The van der Waals surface area contributed by atoms with Crippen LogP contribution in [0.3, 0.4) is 0 Å². The van der Waals surface area contributed by atoms with Crippen molar-refractivity contribution in [2.24, 2.45) is 0 Å². The van der Waals surface area contributed by atoms with Gasteiger partial charge in [-0.15, -0.1) is 0 Å². The summed E-state index contributed by atoms with van der Waals surface area (Å²) in [6.07, 6.45) is 0.484. The topological polar surface area (TPSA) is 90.3 Å². The van der Waals surface area contributed by atoms with Gasteiger partial charge in [0.25, 0.3) is 5.91 Å². The highest BCUT2D eigenvalue weighted by atomic mass is 32.2. The predicted molar refractivity (Wildman–Crippen MR) is 114 cm³/mol. The molecule has 1 aliphatic rings. The highest BCUT2D eigenvalue weighted by Gasteiger charge is 2.32. The molecule has 3 aromatic rings. The van der Waals surface area contributed by atoms with E-state index in [1.807, 2.05) is 54.6 Å². The summed E-state index contributed by atoms with van der Waals surface area (Å²) in [4.78, 5) is 12.7. The number of carbonyl (C=O) groups excluding carboxylic acids is 1. The lowest BCUT2D eigenvalue weighted by Gasteiger charge is -2.13. The summed E-state index contributed by atoms with van der Waals surface area (Å²) in [6.45, 7) is 0.391. The van der Waals surface area contributed by atoms with Gasteiger partial charge in [0.15, 0.2) is 15.5 Å². The number of nitrogens with zero attached hydrogens (tertiary/aromatic N) is 2. The molecular formula is C22H23N3O4S. The summed E-state index contributed by atoms with van der Waals surface area (Å²) in [7, 11) is -1.50. The van der Waals surface area contributed by atoms with E-state index in [2.05, 4.69) is 10.4 Å². The number of methoxy groups -OCH3 is 1. The van der Waals surface area contributed by atoms with Gasteiger partial charge < -0.3 is 10.1 Å². The minimum atomic E-state index is -3.09. The van der Waals surface area contributed by atoms with Crippen molar-refractivity contribution >= 4 is 15.7 Å². The largest absolute Gasteiger partial charge is 0.497 e. The summed E-state index contributed by atoms with van der Waals surface area (Å²) in [5.74, 6) is 0.584. The molecule has 0 spiro atoms. The zero-order chi connectivity index (χ0) is 21.1. The monoisotopic (exact) mass is 425 g/mol. The lowest BCUT2D eigenvalue weighted by Crippen LogP contribution is -2.23. The van der Waals surface area contributed by atoms with Gasteiger partial charge in [0.2, 0.25) is 0 Å². The maximum absolute atomic E-state index is 12.7. The van der Waals surface area contributed by atoms with Gasteiger partial charge in [-0.05, 0) is 42.3 Å². The van der Waals surface area contributed by atoms with E-state index in [1.54, 1.807) is 17.9 Å². The third-order valence-corrected chi connectivity index (χ3v) is 6.95. The van der Waals surface area contributed by atoms with Gasteiger partial charge in [-0.1, -0.05) is 30.3 Å². The molecule has 1 aromatic heterocycles. The summed E-state index contributed by atoms with van der Waals surface area (Å²) in [5, 5.41) is 7.38. The van der Waals surface area contributed by atoms with E-state index in [1.165, 1.54) is 0 Å². The standard InChI is InChI=1S/C22H23N3O4S/c1-29-19-9-7-17(8-10-19)21-13-20(22(26)23-14-16-5-3-2-4-6-16)24-25(21)18-11-12-30(27,28)15-18/h2-10,13,18H,11-12,14-15H2,1H3,(H,23,26). The molecule has 0 aliphatic carbocycles. The molecule has 1 unspecified atom stereocenters. The van der Waals surface area contributed by atoms with Crippen LogP contribution in [-0.2, 0) is 16.4 Å². The first kappa shape index (κ1) is 20.2. The molecule has 8 heteroatoms. The average molecular weight is 426 g/mol. The lowest BCUT2D eigenvalue weighted by molar-refractivity contribution is 0.0945. The molecule has 156 valence electrons. The second kappa shape index (κ2) is 8.31. The predicted octanol–water partition coefficient (Wildman–Crippen LogP) is 2.85. The van der Waals surface area contributed by atoms with Crippen LogP contribution in [0, 0.1) is 0 Å². The van der Waals surface area contributed by atoms with Crippen LogP contribution in [0.25, 0.3) is 11.3 Å². The molecule has 2 heterocycles. The van der Waals surface area contributed by atoms with Crippen molar-refractivity contribution in [1.82, 2.24) is 15.1 Å². The Labute approximate surface area is 175 Å². The smallest absolute Gasteiger partial charge is 0.272 e. The van der Waals surface area contributed by atoms with Crippen molar-refractivity contribution in [3.63, 3.8) is 0 Å². The second-order valence-corrected chi connectivity index (χ2v) is 9.54. The molecule has 2 aromatic carbocycles. The van der Waals surface area contributed by atoms with Crippen molar-refractivity contribution in [3.8, 4) is 17.0 Å². The molecule has 30 heavy (non-hydrogen) atoms. The molecule has 1 N–H and O–H groups in total. The Balaban J connectivity index is 1.63. The zero-order valence-corrected chi connectivity index (χ0v) is 17.4. The third-order valence-electron chi connectivity index (χ3n) is 5.20. The van der Waals surface area contributed by atoms with Crippen molar-refractivity contribution < 1.29 is 17.9 Å². The van der Waals surface area contributed by atoms with Crippen LogP contribution in [0.5, 0.6) is 5.75 Å². The maximum Gasteiger partial charge on any atom is 0.272 e. The molecule has 1 fully saturated rings. The van der Waals surface area contributed by atoms with Crippen LogP contribution < -0.4 is 10.1 Å². The highest BCUT2D eigenvalue weighted by Crippen LogP contribution is 2.31. The van der Waals surface area contributed by atoms with Crippen LogP contribution in [0.15, 0.2) is 60.7 Å². The number of hydrogen-bond donors (Lipinski definition) is 1. The number of carbonyl (C=O) groups is 1. The molecule has 1 aliphatic heterocycles. The van der Waals surface area contributed by atoms with E-state index in [9.17, 15) is 13.2 Å². The van der Waals surface area contributed by atoms with E-state index in [4.69, 9.17) is 4.74 Å². The van der Waals surface area contributed by atoms with Crippen LogP contribution in [0.4, 0.5) is 0 Å². The number of ether oxygens (including phenoxy) is 1. The highest BCUT2D eigenvalue weighted by molar-refractivity contribution is 7.91. The van der Waals surface area contributed by atoms with Crippen molar-refractivity contribution in [3.05, 3.63) is 71.9 Å². The molecule has 1 amide bonds. The molecular weight excluding hydrogens is 402 g/mol. The number of hydrogen-bond acceptors (Lipinski definition) is 5. The van der Waals surface area contributed by atoms with Gasteiger partial charge in [-0.25, -0.2) is 8.42 Å². The second-order valence-electron chi connectivity index (χ2n) is 7.31. The van der Waals surface area contributed by atoms with Crippen molar-refractivity contribution in [1.29, 1.82) is 0 Å². The number of rotatable bonds is 6. The molecule has 0 bridgehead atoms. The molecule has 4 rings (SSSR count).